The molecule has 0 aliphatic carbocycles. The average molecular weight is 382 g/mol. The maximum atomic E-state index is 12.6. The summed E-state index contributed by atoms with van der Waals surface area (Å²) < 4.78 is 12.0. The first-order chi connectivity index (χ1) is 11.8. The summed E-state index contributed by atoms with van der Waals surface area (Å²) in [6, 6.07) is 0.483. The van der Waals surface area contributed by atoms with Crippen LogP contribution in [-0.2, 0) is 9.16 Å². The number of rotatable bonds is 4. The Kier molecular flexibility index (Phi) is 6.33. The van der Waals surface area contributed by atoms with Gasteiger partial charge in [-0.1, -0.05) is 32.4 Å². The highest BCUT2D eigenvalue weighted by atomic mass is 28.4. The highest BCUT2D eigenvalue weighted by molar-refractivity contribution is 6.74. The summed E-state index contributed by atoms with van der Waals surface area (Å²) in [7, 11) is -1.69. The largest absolute Gasteiger partial charge is 0.444 e. The first-order valence-corrected chi connectivity index (χ1v) is 13.1. The molecule has 150 valence electrons. The standard InChI is InChI=1S/C21H39NO3Si/c1-20(2,3)25-19(23)22-17-10-9-11-18(22)15-16(14-17)12-13-24-26(7,8)21(4,5)6/h14,17-18H,9-13,15H2,1-8H3. The van der Waals surface area contributed by atoms with Crippen LogP contribution in [-0.4, -0.2) is 43.6 Å². The van der Waals surface area contributed by atoms with E-state index in [1.54, 1.807) is 0 Å². The minimum atomic E-state index is -1.69. The lowest BCUT2D eigenvalue weighted by molar-refractivity contribution is -0.00165. The van der Waals surface area contributed by atoms with Crippen molar-refractivity contribution in [1.29, 1.82) is 0 Å². The molecule has 1 saturated heterocycles. The molecule has 5 heteroatoms. The zero-order valence-electron chi connectivity index (χ0n) is 18.1. The SMILES string of the molecule is CC(C)(C)OC(=O)N1C2C=C(CCO[Si](C)(C)C(C)(C)C)CC1CCC2. The number of hydrogen-bond donors (Lipinski definition) is 0. The summed E-state index contributed by atoms with van der Waals surface area (Å²) in [5, 5.41) is 0.248. The number of carbonyl (C=O) groups is 1. The van der Waals surface area contributed by atoms with Gasteiger partial charge in [0.15, 0.2) is 8.32 Å². The van der Waals surface area contributed by atoms with E-state index in [9.17, 15) is 4.79 Å². The third-order valence-corrected chi connectivity index (χ3v) is 10.5. The number of hydrogen-bond acceptors (Lipinski definition) is 3. The van der Waals surface area contributed by atoms with Crippen LogP contribution in [0.25, 0.3) is 0 Å². The summed E-state index contributed by atoms with van der Waals surface area (Å²) in [4.78, 5) is 14.6. The van der Waals surface area contributed by atoms with Crippen molar-refractivity contribution < 1.29 is 14.0 Å². The molecule has 0 aromatic rings. The Balaban J connectivity index is 1.98. The van der Waals surface area contributed by atoms with Crippen LogP contribution in [0.3, 0.4) is 0 Å². The van der Waals surface area contributed by atoms with Gasteiger partial charge in [0.05, 0.1) is 6.04 Å². The maximum absolute atomic E-state index is 12.6. The van der Waals surface area contributed by atoms with Gasteiger partial charge in [-0.05, 0) is 71.0 Å². The fourth-order valence-electron chi connectivity index (χ4n) is 3.56. The van der Waals surface area contributed by atoms with Crippen molar-refractivity contribution in [3.63, 3.8) is 0 Å². The lowest BCUT2D eigenvalue weighted by Crippen LogP contribution is -2.53. The van der Waals surface area contributed by atoms with Gasteiger partial charge in [-0.3, -0.25) is 4.90 Å². The summed E-state index contributed by atoms with van der Waals surface area (Å²) >= 11 is 0. The van der Waals surface area contributed by atoms with Crippen molar-refractivity contribution in [1.82, 2.24) is 4.90 Å². The van der Waals surface area contributed by atoms with E-state index in [0.717, 1.165) is 32.3 Å². The Morgan fingerprint density at radius 2 is 1.85 bits per heavy atom. The van der Waals surface area contributed by atoms with Crippen LogP contribution in [0.15, 0.2) is 11.6 Å². The van der Waals surface area contributed by atoms with Crippen molar-refractivity contribution in [2.24, 2.45) is 0 Å². The Labute approximate surface area is 161 Å². The fraction of sp³-hybridized carbons (Fsp3) is 0.857. The van der Waals surface area contributed by atoms with Crippen LogP contribution in [0.2, 0.25) is 18.1 Å². The van der Waals surface area contributed by atoms with Gasteiger partial charge in [-0.15, -0.1) is 0 Å². The van der Waals surface area contributed by atoms with Crippen molar-refractivity contribution in [3.05, 3.63) is 11.6 Å². The number of carbonyl (C=O) groups excluding carboxylic acids is 1. The van der Waals surface area contributed by atoms with E-state index in [4.69, 9.17) is 9.16 Å². The highest BCUT2D eigenvalue weighted by Gasteiger charge is 2.40. The first kappa shape index (κ1) is 21.5. The molecule has 2 heterocycles. The molecule has 2 aliphatic rings. The number of ether oxygens (including phenoxy) is 1. The minimum absolute atomic E-state index is 0.153. The van der Waals surface area contributed by atoms with Crippen LogP contribution in [0.5, 0.6) is 0 Å². The predicted octanol–water partition coefficient (Wildman–Crippen LogP) is 5.89. The lowest BCUT2D eigenvalue weighted by Gasteiger charge is -2.45. The molecule has 2 aliphatic heterocycles. The Bertz CT molecular complexity index is 542. The quantitative estimate of drug-likeness (QED) is 0.450. The second kappa shape index (κ2) is 7.67. The van der Waals surface area contributed by atoms with Gasteiger partial charge < -0.3 is 9.16 Å². The second-order valence-corrected chi connectivity index (χ2v) is 15.2. The first-order valence-electron chi connectivity index (χ1n) is 10.1. The third-order valence-electron chi connectivity index (χ3n) is 6.01. The Morgan fingerprint density at radius 1 is 1.19 bits per heavy atom. The fourth-order valence-corrected chi connectivity index (χ4v) is 4.60. The lowest BCUT2D eigenvalue weighted by atomic mass is 9.84. The van der Waals surface area contributed by atoms with Gasteiger partial charge in [0, 0.05) is 12.6 Å². The molecule has 0 spiro atoms. The van der Waals surface area contributed by atoms with Gasteiger partial charge in [-0.25, -0.2) is 4.79 Å². The van der Waals surface area contributed by atoms with Gasteiger partial charge >= 0.3 is 6.09 Å². The van der Waals surface area contributed by atoms with Crippen LogP contribution in [0.1, 0.15) is 73.6 Å². The zero-order valence-corrected chi connectivity index (χ0v) is 19.1. The Hall–Kier alpha value is -0.813. The van der Waals surface area contributed by atoms with Crippen molar-refractivity contribution >= 4 is 14.4 Å². The van der Waals surface area contributed by atoms with E-state index in [0.29, 0.717) is 0 Å². The molecule has 1 fully saturated rings. The van der Waals surface area contributed by atoms with Crippen LogP contribution in [0, 0.1) is 0 Å². The third kappa shape index (κ3) is 5.35. The van der Waals surface area contributed by atoms with E-state index < -0.39 is 13.9 Å². The van der Waals surface area contributed by atoms with Crippen LogP contribution in [0.4, 0.5) is 4.79 Å². The molecule has 0 N–H and O–H groups in total. The molecule has 1 amide bonds. The van der Waals surface area contributed by atoms with Gasteiger partial charge in [0.2, 0.25) is 0 Å². The van der Waals surface area contributed by atoms with E-state index in [-0.39, 0.29) is 23.2 Å². The zero-order chi connectivity index (χ0) is 19.8. The number of nitrogens with zero attached hydrogens (tertiary/aromatic N) is 1. The molecule has 26 heavy (non-hydrogen) atoms. The smallest absolute Gasteiger partial charge is 0.411 e. The average Bonchev–Trinajstić information content (AvgIpc) is 2.42. The number of amides is 1. The summed E-state index contributed by atoms with van der Waals surface area (Å²) in [6.07, 6.45) is 7.43. The second-order valence-electron chi connectivity index (χ2n) is 10.4. The van der Waals surface area contributed by atoms with Gasteiger partial charge in [-0.2, -0.15) is 0 Å². The summed E-state index contributed by atoms with van der Waals surface area (Å²) in [5.74, 6) is 0. The molecule has 0 aromatic carbocycles. The molecule has 2 bridgehead atoms. The number of fused-ring (bicyclic) bond motifs is 2. The van der Waals surface area contributed by atoms with E-state index in [1.807, 2.05) is 25.7 Å². The molecule has 2 unspecified atom stereocenters. The molecular formula is C21H39NO3Si. The Morgan fingerprint density at radius 3 is 2.38 bits per heavy atom. The molecule has 0 saturated carbocycles. The number of piperidine rings is 1. The van der Waals surface area contributed by atoms with Crippen molar-refractivity contribution in [3.8, 4) is 0 Å². The normalized spacial score (nSPS) is 24.3. The monoisotopic (exact) mass is 381 g/mol. The van der Waals surface area contributed by atoms with E-state index in [1.165, 1.54) is 12.0 Å². The molecule has 2 rings (SSSR count). The summed E-state index contributed by atoms with van der Waals surface area (Å²) in [5.41, 5.74) is 1.02. The highest BCUT2D eigenvalue weighted by Crippen LogP contribution is 2.38. The van der Waals surface area contributed by atoms with Crippen molar-refractivity contribution in [2.45, 2.75) is 109 Å². The van der Waals surface area contributed by atoms with E-state index in [2.05, 4.69) is 39.9 Å². The van der Waals surface area contributed by atoms with Gasteiger partial charge in [0.25, 0.3) is 0 Å². The predicted molar refractivity (Wildman–Crippen MR) is 110 cm³/mol. The maximum Gasteiger partial charge on any atom is 0.411 e. The molecule has 4 nitrogen and oxygen atoms in total. The van der Waals surface area contributed by atoms with E-state index >= 15 is 0 Å². The summed E-state index contributed by atoms with van der Waals surface area (Å²) in [6.45, 7) is 18.1. The van der Waals surface area contributed by atoms with Crippen molar-refractivity contribution in [2.75, 3.05) is 6.61 Å². The molecular weight excluding hydrogens is 342 g/mol. The van der Waals surface area contributed by atoms with Crippen LogP contribution >= 0.6 is 0 Å². The molecule has 0 aromatic heterocycles. The van der Waals surface area contributed by atoms with Gasteiger partial charge in [0.1, 0.15) is 5.60 Å². The molecule has 0 radical (unpaired) electrons. The molecule has 2 atom stereocenters. The topological polar surface area (TPSA) is 38.8 Å². The minimum Gasteiger partial charge on any atom is -0.444 e. The van der Waals surface area contributed by atoms with Crippen LogP contribution < -0.4 is 0 Å².